The number of carbonyl (C=O) groups excluding carboxylic acids is 2. The van der Waals surface area contributed by atoms with Gasteiger partial charge in [-0.1, -0.05) is 60.7 Å². The summed E-state index contributed by atoms with van der Waals surface area (Å²) < 4.78 is 11.2. The zero-order valence-corrected chi connectivity index (χ0v) is 19.8. The van der Waals surface area contributed by atoms with Crippen LogP contribution in [-0.2, 0) is 19.7 Å². The minimum absolute atomic E-state index is 0.00333. The molecule has 0 fully saturated rings. The molecule has 34 heavy (non-hydrogen) atoms. The van der Waals surface area contributed by atoms with Gasteiger partial charge in [-0.3, -0.25) is 14.7 Å². The Labute approximate surface area is 199 Å². The Hall–Kier alpha value is -3.67. The quantitative estimate of drug-likeness (QED) is 0.665. The molecule has 2 heterocycles. The molecule has 2 aliphatic carbocycles. The number of hydrogen-bond donors (Lipinski definition) is 0. The van der Waals surface area contributed by atoms with Gasteiger partial charge in [0.2, 0.25) is 0 Å². The highest BCUT2D eigenvalue weighted by Gasteiger charge is 2.72. The largest absolute Gasteiger partial charge is 0.499 e. The van der Waals surface area contributed by atoms with E-state index in [-0.39, 0.29) is 12.4 Å². The summed E-state index contributed by atoms with van der Waals surface area (Å²) in [5, 5.41) is 0. The molecular formula is C28H28N2O4. The van der Waals surface area contributed by atoms with Crippen molar-refractivity contribution in [2.45, 2.75) is 38.3 Å². The van der Waals surface area contributed by atoms with Crippen LogP contribution >= 0.6 is 0 Å². The van der Waals surface area contributed by atoms with E-state index in [1.54, 1.807) is 14.0 Å². The van der Waals surface area contributed by atoms with Crippen LogP contribution in [0.2, 0.25) is 0 Å². The second-order valence-corrected chi connectivity index (χ2v) is 9.06. The summed E-state index contributed by atoms with van der Waals surface area (Å²) >= 11 is 0. The number of ketones is 1. The Kier molecular flexibility index (Phi) is 5.19. The molecule has 2 aromatic carbocycles. The molecule has 4 atom stereocenters. The maximum atomic E-state index is 14.3. The van der Waals surface area contributed by atoms with Gasteiger partial charge < -0.3 is 9.47 Å². The van der Waals surface area contributed by atoms with Gasteiger partial charge in [-0.2, -0.15) is 0 Å². The number of hydrogen-bond acceptors (Lipinski definition) is 5. The summed E-state index contributed by atoms with van der Waals surface area (Å²) in [5.74, 6) is 0.627. The normalized spacial score (nSPS) is 29.6. The molecule has 2 bridgehead atoms. The van der Waals surface area contributed by atoms with Crippen LogP contribution in [0.4, 0.5) is 4.79 Å². The van der Waals surface area contributed by atoms with Crippen LogP contribution in [0.15, 0.2) is 83.1 Å². The summed E-state index contributed by atoms with van der Waals surface area (Å²) in [5.41, 5.74) is 1.59. The average molecular weight is 457 g/mol. The van der Waals surface area contributed by atoms with Crippen LogP contribution in [0, 0.1) is 5.41 Å². The first-order chi connectivity index (χ1) is 16.4. The van der Waals surface area contributed by atoms with Gasteiger partial charge in [0.05, 0.1) is 36.9 Å². The first-order valence-electron chi connectivity index (χ1n) is 11.5. The Morgan fingerprint density at radius 3 is 2.35 bits per heavy atom. The fourth-order valence-electron chi connectivity index (χ4n) is 6.30. The van der Waals surface area contributed by atoms with E-state index in [4.69, 9.17) is 14.5 Å². The molecule has 0 saturated carbocycles. The Morgan fingerprint density at radius 1 is 1.09 bits per heavy atom. The summed E-state index contributed by atoms with van der Waals surface area (Å²) in [6.07, 6.45) is 2.86. The molecule has 1 amide bonds. The average Bonchev–Trinajstić information content (AvgIpc) is 3.01. The zero-order valence-electron chi connectivity index (χ0n) is 19.8. The predicted octanol–water partition coefficient (Wildman–Crippen LogP) is 4.77. The molecule has 0 aromatic heterocycles. The lowest BCUT2D eigenvalue weighted by Gasteiger charge is -2.53. The first kappa shape index (κ1) is 22.1. The Bertz CT molecular complexity index is 1230. The molecule has 2 aliphatic heterocycles. The van der Waals surface area contributed by atoms with Crippen molar-refractivity contribution in [1.82, 2.24) is 4.90 Å². The number of rotatable bonds is 4. The van der Waals surface area contributed by atoms with Crippen LogP contribution in [0.5, 0.6) is 0 Å². The molecule has 2 aromatic rings. The third-order valence-electron chi connectivity index (χ3n) is 7.64. The minimum atomic E-state index is -1.04. The second-order valence-electron chi connectivity index (χ2n) is 9.06. The van der Waals surface area contributed by atoms with Crippen LogP contribution in [0.25, 0.3) is 5.57 Å². The van der Waals surface area contributed by atoms with Gasteiger partial charge in [0, 0.05) is 0 Å². The van der Waals surface area contributed by atoms with Gasteiger partial charge in [-0.25, -0.2) is 4.79 Å². The summed E-state index contributed by atoms with van der Waals surface area (Å²) in [6, 6.07) is 18.8. The first-order valence-corrected chi connectivity index (χ1v) is 11.5. The van der Waals surface area contributed by atoms with Crippen molar-refractivity contribution in [3.63, 3.8) is 0 Å². The van der Waals surface area contributed by atoms with Gasteiger partial charge in [-0.05, 0) is 49.1 Å². The molecule has 174 valence electrons. The lowest BCUT2D eigenvalue weighted by atomic mass is 9.50. The number of Topliss-reactive ketones (excluding diaryl/α,β-unsaturated/α-hetero) is 1. The van der Waals surface area contributed by atoms with Gasteiger partial charge >= 0.3 is 6.09 Å². The Balaban J connectivity index is 1.89. The minimum Gasteiger partial charge on any atom is -0.499 e. The number of allylic oxidation sites excluding steroid dienone is 1. The van der Waals surface area contributed by atoms with Crippen molar-refractivity contribution in [3.05, 3.63) is 89.2 Å². The van der Waals surface area contributed by atoms with Gasteiger partial charge in [0.1, 0.15) is 11.8 Å². The molecule has 0 unspecified atom stereocenters. The number of fused-ring (bicyclic) bond motifs is 1. The van der Waals surface area contributed by atoms with Crippen molar-refractivity contribution in [2.75, 3.05) is 13.7 Å². The Morgan fingerprint density at radius 2 is 1.74 bits per heavy atom. The number of nitrogens with zero attached hydrogens (tertiary/aromatic N) is 2. The van der Waals surface area contributed by atoms with E-state index in [2.05, 4.69) is 0 Å². The maximum Gasteiger partial charge on any atom is 0.415 e. The van der Waals surface area contributed by atoms with E-state index in [0.29, 0.717) is 11.3 Å². The van der Waals surface area contributed by atoms with Crippen LogP contribution in [0.3, 0.4) is 0 Å². The van der Waals surface area contributed by atoms with E-state index < -0.39 is 29.0 Å². The van der Waals surface area contributed by atoms with E-state index >= 15 is 0 Å². The SMILES string of the molecule is CCOC(=O)N1C=N[C@H]2C(OC)=C[C@@H]1[C@]1(C)C(=O)C(C)=C(c3ccccc3)[C@]21c1ccccc1. The molecule has 0 spiro atoms. The van der Waals surface area contributed by atoms with Gasteiger partial charge in [-0.15, -0.1) is 0 Å². The van der Waals surface area contributed by atoms with Crippen molar-refractivity contribution >= 4 is 23.8 Å². The highest BCUT2D eigenvalue weighted by Crippen LogP contribution is 2.66. The van der Waals surface area contributed by atoms with Crippen molar-refractivity contribution in [3.8, 4) is 0 Å². The van der Waals surface area contributed by atoms with E-state index in [1.165, 1.54) is 11.2 Å². The highest BCUT2D eigenvalue weighted by atomic mass is 16.6. The topological polar surface area (TPSA) is 68.2 Å². The van der Waals surface area contributed by atoms with Gasteiger partial charge in [0.15, 0.2) is 5.78 Å². The smallest absolute Gasteiger partial charge is 0.415 e. The number of methoxy groups -OCH3 is 1. The molecule has 0 saturated heterocycles. The van der Waals surface area contributed by atoms with E-state index in [1.807, 2.05) is 80.6 Å². The van der Waals surface area contributed by atoms with Crippen molar-refractivity contribution in [1.29, 1.82) is 0 Å². The number of amides is 1. The summed E-state index contributed by atoms with van der Waals surface area (Å²) in [4.78, 5) is 33.8. The predicted molar refractivity (Wildman–Crippen MR) is 130 cm³/mol. The lowest BCUT2D eigenvalue weighted by Crippen LogP contribution is -2.63. The molecule has 4 aliphatic rings. The maximum absolute atomic E-state index is 14.3. The zero-order chi connectivity index (χ0) is 24.1. The highest BCUT2D eigenvalue weighted by molar-refractivity contribution is 6.16. The number of carbonyl (C=O) groups is 2. The fraction of sp³-hybridized carbons (Fsp3) is 0.321. The third-order valence-corrected chi connectivity index (χ3v) is 7.64. The molecule has 6 rings (SSSR count). The van der Waals surface area contributed by atoms with Crippen LogP contribution in [-0.4, -0.2) is 48.9 Å². The second kappa shape index (κ2) is 7.97. The summed E-state index contributed by atoms with van der Waals surface area (Å²) in [7, 11) is 1.61. The van der Waals surface area contributed by atoms with E-state index in [0.717, 1.165) is 16.7 Å². The monoisotopic (exact) mass is 456 g/mol. The summed E-state index contributed by atoms with van der Waals surface area (Å²) in [6.45, 7) is 5.83. The van der Waals surface area contributed by atoms with E-state index in [9.17, 15) is 9.59 Å². The number of aliphatic imine (C=N–C) groups is 1. The fourth-order valence-corrected chi connectivity index (χ4v) is 6.30. The molecule has 6 nitrogen and oxygen atoms in total. The van der Waals surface area contributed by atoms with Gasteiger partial charge in [0.25, 0.3) is 0 Å². The molecular weight excluding hydrogens is 428 g/mol. The van der Waals surface area contributed by atoms with Crippen LogP contribution in [0.1, 0.15) is 31.9 Å². The number of benzene rings is 2. The molecule has 6 heteroatoms. The molecule has 0 radical (unpaired) electrons. The number of ether oxygens (including phenoxy) is 2. The van der Waals surface area contributed by atoms with Crippen LogP contribution < -0.4 is 0 Å². The standard InChI is InChI=1S/C28H28N2O4/c1-5-34-26(32)30-17-29-24-21(33-4)16-22(30)27(3)25(31)18(2)23(19-12-8-6-9-13-19)28(24,27)20-14-10-7-11-15-20/h6-17,22,24H,5H2,1-4H3/t22-,24+,27-,28-/m1/s1. The van der Waals surface area contributed by atoms with Crippen molar-refractivity contribution in [2.24, 2.45) is 10.4 Å². The lowest BCUT2D eigenvalue weighted by molar-refractivity contribution is -0.128. The molecule has 0 N–H and O–H groups in total. The third kappa shape index (κ3) is 2.65. The van der Waals surface area contributed by atoms with Crippen molar-refractivity contribution < 1.29 is 19.1 Å².